The zero-order chi connectivity index (χ0) is 24.9. The van der Waals surface area contributed by atoms with Crippen LogP contribution in [0.3, 0.4) is 0 Å². The van der Waals surface area contributed by atoms with E-state index in [4.69, 9.17) is 9.47 Å². The predicted molar refractivity (Wildman–Crippen MR) is 132 cm³/mol. The number of aromatic nitrogens is 3. The van der Waals surface area contributed by atoms with Gasteiger partial charge in [0.1, 0.15) is 11.9 Å². The Kier molecular flexibility index (Phi) is 5.19. The third kappa shape index (κ3) is 3.67. The van der Waals surface area contributed by atoms with Gasteiger partial charge in [-0.25, -0.2) is 4.98 Å². The van der Waals surface area contributed by atoms with Crippen LogP contribution in [-0.2, 0) is 16.1 Å². The van der Waals surface area contributed by atoms with Crippen LogP contribution in [0.4, 0.5) is 11.6 Å². The van der Waals surface area contributed by atoms with Crippen molar-refractivity contribution in [2.24, 2.45) is 0 Å². The lowest BCUT2D eigenvalue weighted by atomic mass is 9.69. The Hall–Kier alpha value is -3.97. The zero-order valence-corrected chi connectivity index (χ0v) is 20.0. The van der Waals surface area contributed by atoms with Crippen LogP contribution in [0.5, 0.6) is 5.75 Å². The fourth-order valence-corrected chi connectivity index (χ4v) is 5.66. The first kappa shape index (κ1) is 22.5. The van der Waals surface area contributed by atoms with E-state index in [0.29, 0.717) is 47.7 Å². The van der Waals surface area contributed by atoms with Gasteiger partial charge in [0.15, 0.2) is 18.2 Å². The maximum Gasteiger partial charge on any atom is 0.263 e. The quantitative estimate of drug-likeness (QED) is 0.584. The molecule has 3 aromatic heterocycles. The molecule has 1 aliphatic carbocycles. The molecule has 2 saturated heterocycles. The minimum absolute atomic E-state index is 0.00459. The van der Waals surface area contributed by atoms with E-state index in [-0.39, 0.29) is 29.2 Å². The highest BCUT2D eigenvalue weighted by atomic mass is 16.5. The summed E-state index contributed by atoms with van der Waals surface area (Å²) in [6.45, 7) is 1.07. The molecule has 184 valence electrons. The summed E-state index contributed by atoms with van der Waals surface area (Å²) in [4.78, 5) is 35.5. The van der Waals surface area contributed by atoms with Gasteiger partial charge in [0.25, 0.3) is 11.5 Å². The number of carbonyl (C=O) groups excluding carboxylic acids is 1. The number of nitrogens with one attached hydrogen (secondary N) is 1. The highest BCUT2D eigenvalue weighted by Gasteiger charge is 2.51. The minimum atomic E-state index is -0.282. The van der Waals surface area contributed by atoms with E-state index in [1.807, 2.05) is 19.2 Å². The standard InChI is InChI=1S/C26H26N6O4/c1-31(21-4-3-20-24(29-21)30-22(33)15-35-20)25-6-8-26(9-7-25,36-16-25)10-11-32-19-12-17(13-27)14-28-18(19)2-5-23(32)34/h2-5,12,14H,6-11,15-16H2,1H3,(H,29,30,33). The van der Waals surface area contributed by atoms with E-state index < -0.39 is 0 Å². The van der Waals surface area contributed by atoms with Gasteiger partial charge in [0.05, 0.1) is 34.3 Å². The number of anilines is 2. The number of hydrogen-bond donors (Lipinski definition) is 1. The molecule has 0 unspecified atom stereocenters. The number of nitrogens with zero attached hydrogens (tertiary/aromatic N) is 5. The van der Waals surface area contributed by atoms with Crippen molar-refractivity contribution in [1.29, 1.82) is 5.26 Å². The summed E-state index contributed by atoms with van der Waals surface area (Å²) in [5.74, 6) is 1.58. The molecule has 3 aliphatic heterocycles. The van der Waals surface area contributed by atoms with Crippen LogP contribution in [0.15, 0.2) is 41.3 Å². The lowest BCUT2D eigenvalue weighted by Gasteiger charge is -2.56. The predicted octanol–water partition coefficient (Wildman–Crippen LogP) is 2.60. The number of carbonyl (C=O) groups is 1. The third-order valence-corrected chi connectivity index (χ3v) is 8.01. The van der Waals surface area contributed by atoms with Crippen LogP contribution in [0, 0.1) is 11.3 Å². The highest BCUT2D eigenvalue weighted by Crippen LogP contribution is 2.49. The van der Waals surface area contributed by atoms with Crippen molar-refractivity contribution < 1.29 is 14.3 Å². The summed E-state index contributed by atoms with van der Waals surface area (Å²) in [5, 5.41) is 12.0. The molecule has 10 heteroatoms. The first-order valence-electron chi connectivity index (χ1n) is 12.1. The molecular formula is C26H26N6O4. The van der Waals surface area contributed by atoms with E-state index in [9.17, 15) is 14.9 Å². The number of rotatable bonds is 5. The molecule has 0 aromatic carbocycles. The van der Waals surface area contributed by atoms with Gasteiger partial charge < -0.3 is 24.3 Å². The molecule has 3 fully saturated rings. The van der Waals surface area contributed by atoms with Gasteiger partial charge >= 0.3 is 0 Å². The Balaban J connectivity index is 1.18. The van der Waals surface area contributed by atoms with E-state index in [2.05, 4.69) is 26.3 Å². The van der Waals surface area contributed by atoms with Gasteiger partial charge in [-0.1, -0.05) is 0 Å². The fourth-order valence-electron chi connectivity index (χ4n) is 5.66. The second-order valence-corrected chi connectivity index (χ2v) is 9.92. The van der Waals surface area contributed by atoms with Gasteiger partial charge in [-0.2, -0.15) is 5.26 Å². The van der Waals surface area contributed by atoms with Crippen molar-refractivity contribution in [3.05, 3.63) is 52.4 Å². The molecule has 4 aliphatic rings. The Morgan fingerprint density at radius 2 is 2.03 bits per heavy atom. The Bertz CT molecular complexity index is 1450. The van der Waals surface area contributed by atoms with Crippen LogP contribution in [-0.4, -0.2) is 51.8 Å². The highest BCUT2D eigenvalue weighted by molar-refractivity contribution is 5.94. The molecule has 1 amide bonds. The third-order valence-electron chi connectivity index (χ3n) is 8.01. The first-order chi connectivity index (χ1) is 17.4. The topological polar surface area (TPSA) is 122 Å². The number of pyridine rings is 3. The molecule has 2 bridgehead atoms. The van der Waals surface area contributed by atoms with Crippen molar-refractivity contribution in [1.82, 2.24) is 14.5 Å². The summed E-state index contributed by atoms with van der Waals surface area (Å²) in [6.07, 6.45) is 5.87. The molecule has 0 radical (unpaired) electrons. The number of hydrogen-bond acceptors (Lipinski definition) is 8. The summed E-state index contributed by atoms with van der Waals surface area (Å²) >= 11 is 0. The Morgan fingerprint density at radius 3 is 2.78 bits per heavy atom. The summed E-state index contributed by atoms with van der Waals surface area (Å²) in [6, 6.07) is 10.8. The van der Waals surface area contributed by atoms with E-state index >= 15 is 0 Å². The Labute approximate surface area is 207 Å². The average Bonchev–Trinajstić information content (AvgIpc) is 2.92. The van der Waals surface area contributed by atoms with Crippen molar-refractivity contribution in [2.45, 2.75) is 49.8 Å². The molecule has 36 heavy (non-hydrogen) atoms. The van der Waals surface area contributed by atoms with Gasteiger partial charge in [-0.15, -0.1) is 0 Å². The minimum Gasteiger partial charge on any atom is -0.480 e. The number of ether oxygens (including phenoxy) is 2. The number of aryl methyl sites for hydroxylation is 1. The molecule has 0 atom stereocenters. The van der Waals surface area contributed by atoms with Gasteiger partial charge in [-0.05, 0) is 56.4 Å². The van der Waals surface area contributed by atoms with Crippen LogP contribution < -0.4 is 20.5 Å². The number of amides is 1. The second kappa shape index (κ2) is 8.31. The molecule has 7 rings (SSSR count). The molecular weight excluding hydrogens is 460 g/mol. The summed E-state index contributed by atoms with van der Waals surface area (Å²) in [7, 11) is 2.03. The van der Waals surface area contributed by atoms with Crippen LogP contribution in [0.1, 0.15) is 37.7 Å². The number of likely N-dealkylation sites (N-methyl/N-ethyl adjacent to an activating group) is 1. The lowest BCUT2D eigenvalue weighted by molar-refractivity contribution is -0.158. The normalized spacial score (nSPS) is 24.5. The van der Waals surface area contributed by atoms with Gasteiger partial charge in [-0.3, -0.25) is 14.6 Å². The van der Waals surface area contributed by atoms with Crippen LogP contribution >= 0.6 is 0 Å². The molecule has 0 spiro atoms. The maximum absolute atomic E-state index is 12.7. The second-order valence-electron chi connectivity index (χ2n) is 9.92. The number of nitriles is 1. The average molecular weight is 487 g/mol. The smallest absolute Gasteiger partial charge is 0.263 e. The van der Waals surface area contributed by atoms with Gasteiger partial charge in [0, 0.05) is 25.9 Å². The van der Waals surface area contributed by atoms with E-state index in [0.717, 1.165) is 31.5 Å². The largest absolute Gasteiger partial charge is 0.480 e. The summed E-state index contributed by atoms with van der Waals surface area (Å²) < 4.78 is 13.7. The van der Waals surface area contributed by atoms with Crippen molar-refractivity contribution in [3.8, 4) is 11.8 Å². The fraction of sp³-hybridized carbons (Fsp3) is 0.423. The molecule has 10 nitrogen and oxygen atoms in total. The molecule has 3 aromatic rings. The van der Waals surface area contributed by atoms with E-state index in [1.165, 1.54) is 12.3 Å². The van der Waals surface area contributed by atoms with Crippen LogP contribution in [0.2, 0.25) is 0 Å². The maximum atomic E-state index is 12.7. The molecule has 1 saturated carbocycles. The zero-order valence-electron chi connectivity index (χ0n) is 20.0. The van der Waals surface area contributed by atoms with Crippen LogP contribution in [0.25, 0.3) is 11.0 Å². The van der Waals surface area contributed by atoms with Crippen molar-refractivity contribution in [3.63, 3.8) is 0 Å². The summed E-state index contributed by atoms with van der Waals surface area (Å²) in [5.41, 5.74) is 1.24. The Morgan fingerprint density at radius 1 is 1.19 bits per heavy atom. The monoisotopic (exact) mass is 486 g/mol. The van der Waals surface area contributed by atoms with E-state index in [1.54, 1.807) is 16.7 Å². The molecule has 6 heterocycles. The lowest BCUT2D eigenvalue weighted by Crippen LogP contribution is -2.62. The van der Waals surface area contributed by atoms with Gasteiger partial charge in [0.2, 0.25) is 0 Å². The van der Waals surface area contributed by atoms with Crippen molar-refractivity contribution in [2.75, 3.05) is 30.5 Å². The first-order valence-corrected chi connectivity index (χ1v) is 12.1. The molecule has 1 N–H and O–H groups in total. The number of fused-ring (bicyclic) bond motifs is 5. The van der Waals surface area contributed by atoms with Crippen molar-refractivity contribution >= 4 is 28.6 Å². The SMILES string of the molecule is CN(c1ccc2c(n1)NC(=O)CO2)C12CCC(CCn3c(=O)ccc4ncc(C#N)cc43)(CC1)OC2.